The topological polar surface area (TPSA) is 15.3 Å². The molecule has 98 valence electrons. The van der Waals surface area contributed by atoms with E-state index in [9.17, 15) is 0 Å². The Morgan fingerprint density at radius 2 is 2.11 bits per heavy atom. The fraction of sp³-hybridized carbons (Fsp3) is 0.571. The van der Waals surface area contributed by atoms with Crippen LogP contribution in [0.25, 0.3) is 0 Å². The molecular weight excluding hydrogens is 312 g/mol. The third-order valence-electron chi connectivity index (χ3n) is 4.22. The fourth-order valence-electron chi connectivity index (χ4n) is 3.10. The van der Waals surface area contributed by atoms with Gasteiger partial charge in [-0.3, -0.25) is 0 Å². The molecule has 3 unspecified atom stereocenters. The number of hydrogen-bond acceptors (Lipinski definition) is 2. The molecule has 2 saturated heterocycles. The van der Waals surface area contributed by atoms with Gasteiger partial charge < -0.3 is 10.2 Å². The summed E-state index contributed by atoms with van der Waals surface area (Å²) in [6, 6.07) is 4.73. The minimum absolute atomic E-state index is 0.596. The van der Waals surface area contributed by atoms with E-state index in [4.69, 9.17) is 11.6 Å². The van der Waals surface area contributed by atoms with Gasteiger partial charge >= 0.3 is 0 Å². The van der Waals surface area contributed by atoms with Crippen molar-refractivity contribution < 1.29 is 0 Å². The minimum atomic E-state index is 0.596. The van der Waals surface area contributed by atoms with Gasteiger partial charge in [0, 0.05) is 28.6 Å². The van der Waals surface area contributed by atoms with Gasteiger partial charge in [0.1, 0.15) is 0 Å². The molecule has 1 aromatic carbocycles. The first-order valence-electron chi connectivity index (χ1n) is 6.58. The quantitative estimate of drug-likeness (QED) is 0.885. The lowest BCUT2D eigenvalue weighted by Gasteiger charge is -2.32. The molecule has 2 heterocycles. The first kappa shape index (κ1) is 12.8. The Balaban J connectivity index is 1.78. The summed E-state index contributed by atoms with van der Waals surface area (Å²) in [5.41, 5.74) is 2.25. The van der Waals surface area contributed by atoms with Crippen LogP contribution in [0.1, 0.15) is 18.4 Å². The van der Waals surface area contributed by atoms with Crippen molar-refractivity contribution in [2.75, 3.05) is 25.0 Å². The molecule has 2 bridgehead atoms. The summed E-state index contributed by atoms with van der Waals surface area (Å²) in [6.45, 7) is 5.80. The Bertz CT molecular complexity index is 463. The number of piperidine rings is 1. The average molecular weight is 330 g/mol. The standard InChI is InChI=1S/C14H18BrClN2/c1-9-6-11(15)14(7-12(9)16)17-13-3-5-18-4-2-10(13)8-18/h6-7,10,13,17H,2-5,8H2,1H3. The second-order valence-electron chi connectivity index (χ2n) is 5.47. The summed E-state index contributed by atoms with van der Waals surface area (Å²) in [4.78, 5) is 2.57. The number of rotatable bonds is 2. The van der Waals surface area contributed by atoms with Crippen LogP contribution in [0, 0.1) is 12.8 Å². The molecule has 2 nitrogen and oxygen atoms in total. The first-order valence-corrected chi connectivity index (χ1v) is 7.75. The van der Waals surface area contributed by atoms with Crippen molar-refractivity contribution in [2.45, 2.75) is 25.8 Å². The molecule has 3 rings (SSSR count). The summed E-state index contributed by atoms with van der Waals surface area (Å²) in [6.07, 6.45) is 2.57. The maximum Gasteiger partial charge on any atom is 0.0502 e. The fourth-order valence-corrected chi connectivity index (χ4v) is 3.83. The van der Waals surface area contributed by atoms with Crippen LogP contribution in [0.2, 0.25) is 5.02 Å². The van der Waals surface area contributed by atoms with Crippen molar-refractivity contribution in [3.05, 3.63) is 27.2 Å². The lowest BCUT2D eigenvalue weighted by atomic mass is 9.94. The first-order chi connectivity index (χ1) is 8.63. The largest absolute Gasteiger partial charge is 0.381 e. The molecule has 2 aliphatic heterocycles. The smallest absolute Gasteiger partial charge is 0.0502 e. The van der Waals surface area contributed by atoms with E-state index in [1.807, 2.05) is 13.0 Å². The Labute approximate surface area is 122 Å². The highest BCUT2D eigenvalue weighted by atomic mass is 79.9. The highest BCUT2D eigenvalue weighted by Gasteiger charge is 2.34. The molecule has 0 spiro atoms. The maximum absolute atomic E-state index is 6.21. The van der Waals surface area contributed by atoms with Crippen LogP contribution in [-0.2, 0) is 0 Å². The molecule has 0 saturated carbocycles. The van der Waals surface area contributed by atoms with Crippen LogP contribution in [0.15, 0.2) is 16.6 Å². The molecule has 0 radical (unpaired) electrons. The van der Waals surface area contributed by atoms with Gasteiger partial charge in [-0.1, -0.05) is 11.6 Å². The van der Waals surface area contributed by atoms with Crippen LogP contribution in [0.5, 0.6) is 0 Å². The highest BCUT2D eigenvalue weighted by Crippen LogP contribution is 2.34. The van der Waals surface area contributed by atoms with E-state index in [-0.39, 0.29) is 0 Å². The lowest BCUT2D eigenvalue weighted by Crippen LogP contribution is -2.39. The van der Waals surface area contributed by atoms with Crippen molar-refractivity contribution in [1.82, 2.24) is 4.90 Å². The predicted molar refractivity (Wildman–Crippen MR) is 80.5 cm³/mol. The number of nitrogens with one attached hydrogen (secondary N) is 1. The van der Waals surface area contributed by atoms with E-state index < -0.39 is 0 Å². The average Bonchev–Trinajstić information content (AvgIpc) is 2.72. The summed E-state index contributed by atoms with van der Waals surface area (Å²) in [5.74, 6) is 0.797. The minimum Gasteiger partial charge on any atom is -0.381 e. The normalized spacial score (nSPS) is 30.5. The van der Waals surface area contributed by atoms with Gasteiger partial charge in [0.05, 0.1) is 5.69 Å². The summed E-state index contributed by atoms with van der Waals surface area (Å²) < 4.78 is 1.12. The molecule has 3 atom stereocenters. The van der Waals surface area contributed by atoms with E-state index in [1.54, 1.807) is 0 Å². The Morgan fingerprint density at radius 1 is 1.33 bits per heavy atom. The van der Waals surface area contributed by atoms with Crippen molar-refractivity contribution in [3.8, 4) is 0 Å². The van der Waals surface area contributed by atoms with E-state index in [0.29, 0.717) is 6.04 Å². The molecule has 0 aliphatic carbocycles. The second kappa shape index (κ2) is 5.03. The van der Waals surface area contributed by atoms with E-state index in [2.05, 4.69) is 32.2 Å². The van der Waals surface area contributed by atoms with Gasteiger partial charge in [-0.15, -0.1) is 0 Å². The molecule has 1 N–H and O–H groups in total. The maximum atomic E-state index is 6.21. The van der Waals surface area contributed by atoms with Gasteiger partial charge in [0.25, 0.3) is 0 Å². The van der Waals surface area contributed by atoms with Gasteiger partial charge in [-0.05, 0) is 65.9 Å². The molecule has 2 aliphatic rings. The molecule has 0 aromatic heterocycles. The number of halogens is 2. The zero-order chi connectivity index (χ0) is 12.7. The van der Waals surface area contributed by atoms with Crippen LogP contribution >= 0.6 is 27.5 Å². The van der Waals surface area contributed by atoms with Crippen LogP contribution < -0.4 is 5.32 Å². The van der Waals surface area contributed by atoms with Crippen molar-refractivity contribution in [1.29, 1.82) is 0 Å². The van der Waals surface area contributed by atoms with Crippen molar-refractivity contribution in [2.24, 2.45) is 5.92 Å². The summed E-state index contributed by atoms with van der Waals surface area (Å²) >= 11 is 9.84. The number of fused-ring (bicyclic) bond motifs is 2. The van der Waals surface area contributed by atoms with E-state index >= 15 is 0 Å². The Morgan fingerprint density at radius 3 is 2.94 bits per heavy atom. The zero-order valence-electron chi connectivity index (χ0n) is 10.5. The molecule has 0 amide bonds. The van der Waals surface area contributed by atoms with Gasteiger partial charge in [-0.2, -0.15) is 0 Å². The highest BCUT2D eigenvalue weighted by molar-refractivity contribution is 9.10. The SMILES string of the molecule is Cc1cc(Br)c(NC2CCN3CCC2C3)cc1Cl. The Kier molecular flexibility index (Phi) is 3.57. The third-order valence-corrected chi connectivity index (χ3v) is 5.29. The summed E-state index contributed by atoms with van der Waals surface area (Å²) in [7, 11) is 0. The number of aryl methyl sites for hydroxylation is 1. The van der Waals surface area contributed by atoms with Crippen LogP contribution in [0.4, 0.5) is 5.69 Å². The monoisotopic (exact) mass is 328 g/mol. The number of benzene rings is 1. The number of anilines is 1. The molecule has 1 aromatic rings. The lowest BCUT2D eigenvalue weighted by molar-refractivity contribution is 0.255. The van der Waals surface area contributed by atoms with Gasteiger partial charge in [0.2, 0.25) is 0 Å². The third kappa shape index (κ3) is 2.40. The van der Waals surface area contributed by atoms with Gasteiger partial charge in [0.15, 0.2) is 0 Å². The Hall–Kier alpha value is -0.250. The van der Waals surface area contributed by atoms with E-state index in [0.717, 1.165) is 26.7 Å². The summed E-state index contributed by atoms with van der Waals surface area (Å²) in [5, 5.41) is 4.52. The molecule has 4 heteroatoms. The van der Waals surface area contributed by atoms with Gasteiger partial charge in [-0.25, -0.2) is 0 Å². The van der Waals surface area contributed by atoms with Crippen LogP contribution in [0.3, 0.4) is 0 Å². The van der Waals surface area contributed by atoms with Crippen molar-refractivity contribution >= 4 is 33.2 Å². The second-order valence-corrected chi connectivity index (χ2v) is 6.73. The zero-order valence-corrected chi connectivity index (χ0v) is 12.9. The number of nitrogens with zero attached hydrogens (tertiary/aromatic N) is 1. The molecule has 2 fully saturated rings. The predicted octanol–water partition coefficient (Wildman–Crippen LogP) is 3.92. The van der Waals surface area contributed by atoms with Crippen LogP contribution in [-0.4, -0.2) is 30.6 Å². The molecule has 18 heavy (non-hydrogen) atoms. The number of hydrogen-bond donors (Lipinski definition) is 1. The van der Waals surface area contributed by atoms with Crippen molar-refractivity contribution in [3.63, 3.8) is 0 Å². The van der Waals surface area contributed by atoms with E-state index in [1.165, 1.54) is 32.5 Å². The molecular formula is C14H18BrClN2.